The molecule has 40 heavy (non-hydrogen) atoms. The van der Waals surface area contributed by atoms with Gasteiger partial charge in [-0.25, -0.2) is 5.06 Å². The van der Waals surface area contributed by atoms with Gasteiger partial charge in [0.25, 0.3) is 0 Å². The Morgan fingerprint density at radius 3 is 2.67 bits per heavy atom. The quantitative estimate of drug-likeness (QED) is 0.381. The molecule has 0 bridgehead atoms. The van der Waals surface area contributed by atoms with E-state index >= 15 is 0 Å². The number of aliphatic hydroxyl groups excluding tert-OH is 1. The molecular formula is C36H51NO3. The summed E-state index contributed by atoms with van der Waals surface area (Å²) in [5.41, 5.74) is 3.50. The molecule has 1 N–H and O–H groups in total. The number of nitrogens with zero attached hydrogens (tertiary/aromatic N) is 1. The Bertz CT molecular complexity index is 1130. The molecule has 1 aliphatic heterocycles. The van der Waals surface area contributed by atoms with Crippen molar-refractivity contribution in [1.82, 2.24) is 5.06 Å². The average molecular weight is 546 g/mol. The number of aliphatic hydroxyl groups is 1. The van der Waals surface area contributed by atoms with Crippen molar-refractivity contribution < 1.29 is 14.7 Å². The van der Waals surface area contributed by atoms with Gasteiger partial charge < -0.3 is 5.11 Å². The molecule has 11 atom stereocenters. The number of hydroxylamine groups is 2. The van der Waals surface area contributed by atoms with E-state index in [1.165, 1.54) is 44.1 Å². The predicted molar refractivity (Wildman–Crippen MR) is 158 cm³/mol. The van der Waals surface area contributed by atoms with Crippen LogP contribution in [0.5, 0.6) is 0 Å². The Balaban J connectivity index is 1.00. The summed E-state index contributed by atoms with van der Waals surface area (Å²) >= 11 is 0. The summed E-state index contributed by atoms with van der Waals surface area (Å²) in [6.07, 6.45) is 17.1. The first-order chi connectivity index (χ1) is 19.3. The Kier molecular flexibility index (Phi) is 6.98. The third-order valence-electron chi connectivity index (χ3n) is 13.5. The standard InChI is InChI=1S/C36H51NO3/c1-23(12-17-33(39)37-32-11-7-10-28(32)34(40-37)24-8-5-4-6-9-24)29-15-16-30-27-14-13-25-22-26(38)18-20-35(25,2)31(27)19-21-36(29,30)3/h4-6,8-9,13,23,26-32,34,38H,7,10-12,14-22H2,1-3H3/t23?,26-,27-,28-,29+,30-,31-,32+,34-,35-,36+/m0/s1. The molecule has 1 unspecified atom stereocenters. The Morgan fingerprint density at radius 2 is 1.85 bits per heavy atom. The number of hydrogen-bond acceptors (Lipinski definition) is 3. The monoisotopic (exact) mass is 545 g/mol. The van der Waals surface area contributed by atoms with Crippen LogP contribution in [0.25, 0.3) is 0 Å². The van der Waals surface area contributed by atoms with E-state index in [0.29, 0.717) is 35.0 Å². The molecule has 6 aliphatic rings. The van der Waals surface area contributed by atoms with E-state index in [0.717, 1.165) is 56.3 Å². The molecule has 1 heterocycles. The molecule has 0 radical (unpaired) electrons. The normalized spacial score (nSPS) is 44.8. The fourth-order valence-electron chi connectivity index (χ4n) is 11.4. The van der Waals surface area contributed by atoms with E-state index in [4.69, 9.17) is 4.84 Å². The first kappa shape index (κ1) is 27.2. The first-order valence-electron chi connectivity index (χ1n) is 16.7. The largest absolute Gasteiger partial charge is 0.393 e. The van der Waals surface area contributed by atoms with Gasteiger partial charge in [-0.3, -0.25) is 9.63 Å². The number of carbonyl (C=O) groups excluding carboxylic acids is 1. The average Bonchev–Trinajstić information content (AvgIpc) is 3.66. The summed E-state index contributed by atoms with van der Waals surface area (Å²) in [5, 5.41) is 12.2. The number of hydrogen-bond donors (Lipinski definition) is 1. The van der Waals surface area contributed by atoms with Crippen molar-refractivity contribution in [3.05, 3.63) is 47.5 Å². The molecule has 1 aromatic carbocycles. The zero-order valence-electron chi connectivity index (χ0n) is 25.1. The molecule has 4 heteroatoms. The van der Waals surface area contributed by atoms with Gasteiger partial charge in [0.15, 0.2) is 0 Å². The minimum absolute atomic E-state index is 0.0269. The predicted octanol–water partition coefficient (Wildman–Crippen LogP) is 8.03. The summed E-state index contributed by atoms with van der Waals surface area (Å²) in [6.45, 7) is 7.59. The molecule has 1 saturated heterocycles. The minimum atomic E-state index is -0.126. The smallest absolute Gasteiger partial charge is 0.246 e. The van der Waals surface area contributed by atoms with Gasteiger partial charge in [-0.2, -0.15) is 0 Å². The third-order valence-corrected chi connectivity index (χ3v) is 13.5. The van der Waals surface area contributed by atoms with Crippen molar-refractivity contribution in [2.24, 2.45) is 46.3 Å². The first-order valence-corrected chi connectivity index (χ1v) is 16.7. The number of allylic oxidation sites excluding steroid dienone is 1. The minimum Gasteiger partial charge on any atom is -0.393 e. The highest BCUT2D eigenvalue weighted by molar-refractivity contribution is 5.75. The van der Waals surface area contributed by atoms with Crippen molar-refractivity contribution in [3.8, 4) is 0 Å². The highest BCUT2D eigenvalue weighted by Crippen LogP contribution is 2.67. The van der Waals surface area contributed by atoms with Crippen LogP contribution >= 0.6 is 0 Å². The van der Waals surface area contributed by atoms with E-state index in [1.807, 2.05) is 5.06 Å². The van der Waals surface area contributed by atoms with Gasteiger partial charge in [0.2, 0.25) is 5.91 Å². The van der Waals surface area contributed by atoms with Crippen molar-refractivity contribution in [3.63, 3.8) is 0 Å². The van der Waals surface area contributed by atoms with Crippen LogP contribution in [-0.2, 0) is 9.63 Å². The number of carbonyl (C=O) groups is 1. The molecule has 1 amide bonds. The van der Waals surface area contributed by atoms with Crippen LogP contribution in [0.2, 0.25) is 0 Å². The fraction of sp³-hybridized carbons (Fsp3) is 0.750. The van der Waals surface area contributed by atoms with Crippen molar-refractivity contribution in [2.75, 3.05) is 0 Å². The number of benzene rings is 1. The van der Waals surface area contributed by atoms with Gasteiger partial charge in [0.1, 0.15) is 6.10 Å². The fourth-order valence-corrected chi connectivity index (χ4v) is 11.4. The van der Waals surface area contributed by atoms with Gasteiger partial charge in [-0.05, 0) is 117 Å². The summed E-state index contributed by atoms with van der Waals surface area (Å²) in [5.74, 6) is 4.33. The Hall–Kier alpha value is -1.65. The number of fused-ring (bicyclic) bond motifs is 6. The lowest BCUT2D eigenvalue weighted by atomic mass is 9.47. The van der Waals surface area contributed by atoms with E-state index in [1.54, 1.807) is 5.57 Å². The van der Waals surface area contributed by atoms with Crippen LogP contribution in [0.15, 0.2) is 42.0 Å². The Labute approximate surface area is 241 Å². The zero-order valence-corrected chi connectivity index (χ0v) is 25.1. The molecule has 7 rings (SSSR count). The number of rotatable bonds is 5. The number of amides is 1. The molecule has 218 valence electrons. The van der Waals surface area contributed by atoms with E-state index < -0.39 is 0 Å². The Morgan fingerprint density at radius 1 is 1.02 bits per heavy atom. The van der Waals surface area contributed by atoms with Gasteiger partial charge in [-0.15, -0.1) is 0 Å². The highest BCUT2D eigenvalue weighted by Gasteiger charge is 2.59. The van der Waals surface area contributed by atoms with Crippen LogP contribution in [0, 0.1) is 46.3 Å². The lowest BCUT2D eigenvalue weighted by Gasteiger charge is -2.58. The lowest BCUT2D eigenvalue weighted by Crippen LogP contribution is -2.50. The van der Waals surface area contributed by atoms with Crippen molar-refractivity contribution >= 4 is 5.91 Å². The van der Waals surface area contributed by atoms with Gasteiger partial charge in [-0.1, -0.05) is 69.2 Å². The van der Waals surface area contributed by atoms with Crippen LogP contribution in [0.4, 0.5) is 0 Å². The van der Waals surface area contributed by atoms with Gasteiger partial charge >= 0.3 is 0 Å². The van der Waals surface area contributed by atoms with Gasteiger partial charge in [0, 0.05) is 12.3 Å². The van der Waals surface area contributed by atoms with E-state index in [9.17, 15) is 9.90 Å². The third kappa shape index (κ3) is 4.25. The second-order valence-electron chi connectivity index (χ2n) is 15.2. The second-order valence-corrected chi connectivity index (χ2v) is 15.2. The topological polar surface area (TPSA) is 49.8 Å². The maximum Gasteiger partial charge on any atom is 0.246 e. The molecular weight excluding hydrogens is 494 g/mol. The molecule has 4 nitrogen and oxygen atoms in total. The van der Waals surface area contributed by atoms with Crippen molar-refractivity contribution in [1.29, 1.82) is 0 Å². The van der Waals surface area contributed by atoms with E-state index in [2.05, 4.69) is 57.2 Å². The molecule has 5 aliphatic carbocycles. The zero-order chi connectivity index (χ0) is 27.6. The van der Waals surface area contributed by atoms with E-state index in [-0.39, 0.29) is 24.2 Å². The maximum absolute atomic E-state index is 13.6. The van der Waals surface area contributed by atoms with Crippen LogP contribution in [0.1, 0.15) is 116 Å². The van der Waals surface area contributed by atoms with Crippen LogP contribution < -0.4 is 0 Å². The van der Waals surface area contributed by atoms with Gasteiger partial charge in [0.05, 0.1) is 12.1 Å². The second kappa shape index (κ2) is 10.3. The molecule has 1 aromatic rings. The lowest BCUT2D eigenvalue weighted by molar-refractivity contribution is -0.190. The molecule has 4 saturated carbocycles. The summed E-state index contributed by atoms with van der Waals surface area (Å²) < 4.78 is 0. The highest BCUT2D eigenvalue weighted by atomic mass is 16.7. The maximum atomic E-state index is 13.6. The van der Waals surface area contributed by atoms with Crippen LogP contribution in [0.3, 0.4) is 0 Å². The molecule has 0 aromatic heterocycles. The van der Waals surface area contributed by atoms with Crippen LogP contribution in [-0.4, -0.2) is 28.2 Å². The molecule has 5 fully saturated rings. The summed E-state index contributed by atoms with van der Waals surface area (Å²) in [6, 6.07) is 10.8. The summed E-state index contributed by atoms with van der Waals surface area (Å²) in [4.78, 5) is 20.0. The van der Waals surface area contributed by atoms with Crippen molar-refractivity contribution in [2.45, 2.75) is 122 Å². The SMILES string of the molecule is CC(CCC(=O)N1O[C@@H](c2ccccc2)[C@H]2CCC[C@H]21)[C@H]1CC[C@H]2[C@@H]3CC=C4C[C@@H](O)CC[C@]4(C)[C@H]3CC[C@]12C. The summed E-state index contributed by atoms with van der Waals surface area (Å²) in [7, 11) is 0. The molecule has 0 spiro atoms.